The van der Waals surface area contributed by atoms with E-state index in [0.29, 0.717) is 6.01 Å². The van der Waals surface area contributed by atoms with Crippen molar-refractivity contribution in [3.05, 3.63) is 18.3 Å². The number of imidazole rings is 1. The van der Waals surface area contributed by atoms with E-state index in [2.05, 4.69) is 35.6 Å². The van der Waals surface area contributed by atoms with Gasteiger partial charge in [0.1, 0.15) is 11.6 Å². The van der Waals surface area contributed by atoms with E-state index in [4.69, 9.17) is 4.74 Å². The van der Waals surface area contributed by atoms with Gasteiger partial charge in [0.25, 0.3) is 6.01 Å². The predicted molar refractivity (Wildman–Crippen MR) is 74.3 cm³/mol. The molecule has 0 amide bonds. The van der Waals surface area contributed by atoms with Gasteiger partial charge in [-0.3, -0.25) is 9.47 Å². The monoisotopic (exact) mass is 260 g/mol. The molecule has 0 bridgehead atoms. The van der Waals surface area contributed by atoms with Crippen molar-refractivity contribution in [2.75, 3.05) is 13.1 Å². The molecule has 5 nitrogen and oxygen atoms in total. The van der Waals surface area contributed by atoms with Gasteiger partial charge in [0.15, 0.2) is 5.65 Å². The first-order chi connectivity index (χ1) is 8.95. The highest BCUT2D eigenvalue weighted by Crippen LogP contribution is 2.25. The Labute approximate surface area is 113 Å². The molecule has 0 spiro atoms. The lowest BCUT2D eigenvalue weighted by molar-refractivity contribution is -0.0396. The Morgan fingerprint density at radius 2 is 2.05 bits per heavy atom. The van der Waals surface area contributed by atoms with Crippen molar-refractivity contribution in [1.82, 2.24) is 19.4 Å². The van der Waals surface area contributed by atoms with Crippen molar-refractivity contribution in [2.45, 2.75) is 32.4 Å². The number of aromatic nitrogens is 3. The maximum atomic E-state index is 5.96. The summed E-state index contributed by atoms with van der Waals surface area (Å²) >= 11 is 0. The highest BCUT2D eigenvalue weighted by atomic mass is 16.5. The van der Waals surface area contributed by atoms with Crippen molar-refractivity contribution in [3.63, 3.8) is 0 Å². The molecular weight excluding hydrogens is 240 g/mol. The second kappa shape index (κ2) is 4.20. The summed E-state index contributed by atoms with van der Waals surface area (Å²) in [6.45, 7) is 8.59. The van der Waals surface area contributed by atoms with Gasteiger partial charge in [-0.05, 0) is 32.9 Å². The summed E-state index contributed by atoms with van der Waals surface area (Å²) in [5.41, 5.74) is 1.96. The molecule has 0 radical (unpaired) electrons. The van der Waals surface area contributed by atoms with Crippen LogP contribution in [0.1, 0.15) is 20.8 Å². The minimum Gasteiger partial charge on any atom is -0.459 e. The van der Waals surface area contributed by atoms with E-state index in [9.17, 15) is 0 Å². The Hall–Kier alpha value is -1.62. The zero-order chi connectivity index (χ0) is 13.6. The van der Waals surface area contributed by atoms with Crippen molar-refractivity contribution in [2.24, 2.45) is 7.05 Å². The number of hydrogen-bond acceptors (Lipinski definition) is 4. The van der Waals surface area contributed by atoms with Gasteiger partial charge >= 0.3 is 0 Å². The summed E-state index contributed by atoms with van der Waals surface area (Å²) in [4.78, 5) is 11.2. The van der Waals surface area contributed by atoms with Gasteiger partial charge in [0.05, 0.1) is 0 Å². The quantitative estimate of drug-likeness (QED) is 0.826. The lowest BCUT2D eigenvalue weighted by Gasteiger charge is -2.46. The van der Waals surface area contributed by atoms with E-state index in [1.54, 1.807) is 6.20 Å². The fraction of sp³-hybridized carbons (Fsp3) is 0.571. The molecule has 0 saturated carbocycles. The first-order valence-corrected chi connectivity index (χ1v) is 6.64. The van der Waals surface area contributed by atoms with Gasteiger partial charge in [-0.15, -0.1) is 0 Å². The van der Waals surface area contributed by atoms with Gasteiger partial charge < -0.3 is 4.74 Å². The smallest absolute Gasteiger partial charge is 0.298 e. The zero-order valence-corrected chi connectivity index (χ0v) is 11.9. The number of nitrogens with zero attached hydrogens (tertiary/aromatic N) is 4. The van der Waals surface area contributed by atoms with Gasteiger partial charge in [-0.2, -0.15) is 4.98 Å². The van der Waals surface area contributed by atoms with Crippen LogP contribution in [0.3, 0.4) is 0 Å². The van der Waals surface area contributed by atoms with Gasteiger partial charge in [-0.25, -0.2) is 4.98 Å². The van der Waals surface area contributed by atoms with E-state index in [1.165, 1.54) is 0 Å². The third-order valence-electron chi connectivity index (χ3n) is 3.66. The zero-order valence-electron chi connectivity index (χ0n) is 11.9. The highest BCUT2D eigenvalue weighted by molar-refractivity contribution is 5.71. The summed E-state index contributed by atoms with van der Waals surface area (Å²) in [7, 11) is 1.94. The number of pyridine rings is 1. The molecule has 102 valence electrons. The first kappa shape index (κ1) is 12.4. The topological polar surface area (TPSA) is 43.2 Å². The van der Waals surface area contributed by atoms with E-state index in [-0.39, 0.29) is 11.6 Å². The molecule has 3 heterocycles. The molecule has 0 atom stereocenters. The van der Waals surface area contributed by atoms with Crippen molar-refractivity contribution < 1.29 is 4.74 Å². The number of fused-ring (bicyclic) bond motifs is 1. The summed E-state index contributed by atoms with van der Waals surface area (Å²) in [5.74, 6) is 0. The fourth-order valence-corrected chi connectivity index (χ4v) is 2.32. The van der Waals surface area contributed by atoms with Crippen molar-refractivity contribution in [1.29, 1.82) is 0 Å². The second-order valence-electron chi connectivity index (χ2n) is 6.12. The minimum atomic E-state index is 0.216. The van der Waals surface area contributed by atoms with Crippen LogP contribution in [-0.2, 0) is 7.05 Å². The Balaban J connectivity index is 1.72. The fourth-order valence-electron chi connectivity index (χ4n) is 2.32. The lowest BCUT2D eigenvalue weighted by Crippen LogP contribution is -2.60. The average Bonchev–Trinajstić information content (AvgIpc) is 2.59. The van der Waals surface area contributed by atoms with Crippen LogP contribution in [-0.4, -0.2) is 44.2 Å². The molecule has 0 aromatic carbocycles. The molecule has 0 unspecified atom stereocenters. The number of likely N-dealkylation sites (tertiary alicyclic amines) is 1. The van der Waals surface area contributed by atoms with Crippen LogP contribution in [0, 0.1) is 0 Å². The lowest BCUT2D eigenvalue weighted by atomic mass is 9.99. The number of aryl methyl sites for hydroxylation is 1. The molecule has 2 aromatic rings. The molecule has 1 fully saturated rings. The Kier molecular flexibility index (Phi) is 2.74. The Morgan fingerprint density at radius 3 is 2.68 bits per heavy atom. The first-order valence-electron chi connectivity index (χ1n) is 6.64. The van der Waals surface area contributed by atoms with E-state index in [1.807, 2.05) is 23.7 Å². The van der Waals surface area contributed by atoms with Gasteiger partial charge in [0.2, 0.25) is 0 Å². The molecule has 1 aliphatic rings. The molecule has 1 saturated heterocycles. The molecule has 3 rings (SSSR count). The molecule has 0 aliphatic carbocycles. The van der Waals surface area contributed by atoms with Crippen LogP contribution < -0.4 is 4.74 Å². The predicted octanol–water partition coefficient (Wildman–Crippen LogP) is 1.83. The average molecular weight is 260 g/mol. The summed E-state index contributed by atoms with van der Waals surface area (Å²) in [6, 6.07) is 4.51. The van der Waals surface area contributed by atoms with E-state index < -0.39 is 0 Å². The maximum Gasteiger partial charge on any atom is 0.298 e. The highest BCUT2D eigenvalue weighted by Gasteiger charge is 2.36. The molecule has 0 N–H and O–H groups in total. The largest absolute Gasteiger partial charge is 0.459 e. The summed E-state index contributed by atoms with van der Waals surface area (Å²) in [5, 5.41) is 0. The SMILES string of the molecule is Cn1c(OC2CN(C(C)(C)C)C2)nc2cccnc21. The molecule has 2 aromatic heterocycles. The number of ether oxygens (including phenoxy) is 1. The summed E-state index contributed by atoms with van der Waals surface area (Å²) < 4.78 is 7.87. The van der Waals surface area contributed by atoms with Gasteiger partial charge in [0, 0.05) is 31.9 Å². The van der Waals surface area contributed by atoms with Crippen molar-refractivity contribution in [3.8, 4) is 6.01 Å². The van der Waals surface area contributed by atoms with Crippen LogP contribution in [0.5, 0.6) is 6.01 Å². The minimum absolute atomic E-state index is 0.216. The third-order valence-corrected chi connectivity index (χ3v) is 3.66. The van der Waals surface area contributed by atoms with Crippen LogP contribution in [0.15, 0.2) is 18.3 Å². The normalized spacial score (nSPS) is 17.7. The third kappa shape index (κ3) is 2.18. The van der Waals surface area contributed by atoms with Crippen LogP contribution in [0.2, 0.25) is 0 Å². The number of hydrogen-bond donors (Lipinski definition) is 0. The van der Waals surface area contributed by atoms with E-state index in [0.717, 1.165) is 24.3 Å². The maximum absolute atomic E-state index is 5.96. The Bertz CT molecular complexity index is 593. The molecule has 1 aliphatic heterocycles. The summed E-state index contributed by atoms with van der Waals surface area (Å²) in [6.07, 6.45) is 2.01. The van der Waals surface area contributed by atoms with Crippen molar-refractivity contribution >= 4 is 11.2 Å². The Morgan fingerprint density at radius 1 is 1.32 bits per heavy atom. The van der Waals surface area contributed by atoms with Crippen LogP contribution in [0.4, 0.5) is 0 Å². The molecule has 5 heteroatoms. The van der Waals surface area contributed by atoms with Crippen LogP contribution >= 0.6 is 0 Å². The van der Waals surface area contributed by atoms with E-state index >= 15 is 0 Å². The number of rotatable bonds is 2. The standard InChI is InChI=1S/C14H20N4O/c1-14(2,3)18-8-10(9-18)19-13-16-11-6-5-7-15-12(11)17(13)4/h5-7,10H,8-9H2,1-4H3. The second-order valence-corrected chi connectivity index (χ2v) is 6.12. The molecular formula is C14H20N4O. The molecule has 19 heavy (non-hydrogen) atoms. The van der Waals surface area contributed by atoms with Gasteiger partial charge in [-0.1, -0.05) is 0 Å². The van der Waals surface area contributed by atoms with Crippen LogP contribution in [0.25, 0.3) is 11.2 Å².